The number of aromatic hydroxyl groups is 1. The summed E-state index contributed by atoms with van der Waals surface area (Å²) in [6, 6.07) is 5.24. The van der Waals surface area contributed by atoms with E-state index >= 15 is 0 Å². The zero-order chi connectivity index (χ0) is 17.7. The van der Waals surface area contributed by atoms with Gasteiger partial charge in [-0.25, -0.2) is 0 Å². The first-order valence-electron chi connectivity index (χ1n) is 8.78. The van der Waals surface area contributed by atoms with E-state index < -0.39 is 0 Å². The summed E-state index contributed by atoms with van der Waals surface area (Å²) in [7, 11) is 1.53. The number of methoxy groups -OCH3 is 1. The van der Waals surface area contributed by atoms with Crippen LogP contribution in [-0.2, 0) is 11.2 Å². The Morgan fingerprint density at radius 2 is 1.78 bits per heavy atom. The fraction of sp³-hybridized carbons (Fsp3) is 0.650. The predicted molar refractivity (Wildman–Crippen MR) is 97.3 cm³/mol. The van der Waals surface area contributed by atoms with E-state index in [1.165, 1.54) is 20.0 Å². The number of phenolic OH excluding ortho intramolecular Hbond substituents is 1. The standard InChI is InChI=1S/C16H24O3.C4H10/c1-3-4-5-6-7-14(17)10-8-13-9-11-15(18)16(12-13)19-2;1-4(2)3/h9,11-12,18H,3-8,10H2,1-2H3;4H,1-3H3. The third-order valence-corrected chi connectivity index (χ3v) is 3.25. The summed E-state index contributed by atoms with van der Waals surface area (Å²) >= 11 is 0. The fourth-order valence-electron chi connectivity index (χ4n) is 2.04. The lowest BCUT2D eigenvalue weighted by Gasteiger charge is -2.06. The van der Waals surface area contributed by atoms with Gasteiger partial charge in [-0.3, -0.25) is 4.79 Å². The smallest absolute Gasteiger partial charge is 0.160 e. The van der Waals surface area contributed by atoms with E-state index in [1.807, 2.05) is 6.07 Å². The Hall–Kier alpha value is -1.51. The van der Waals surface area contributed by atoms with Crippen LogP contribution in [0.5, 0.6) is 11.5 Å². The number of phenols is 1. The summed E-state index contributed by atoms with van der Waals surface area (Å²) < 4.78 is 5.05. The molecular weight excluding hydrogens is 288 g/mol. The quantitative estimate of drug-likeness (QED) is 0.608. The van der Waals surface area contributed by atoms with Crippen molar-refractivity contribution in [3.8, 4) is 11.5 Å². The van der Waals surface area contributed by atoms with Gasteiger partial charge >= 0.3 is 0 Å². The van der Waals surface area contributed by atoms with E-state index in [9.17, 15) is 9.90 Å². The highest BCUT2D eigenvalue weighted by Gasteiger charge is 2.06. The monoisotopic (exact) mass is 322 g/mol. The maximum Gasteiger partial charge on any atom is 0.160 e. The van der Waals surface area contributed by atoms with E-state index in [-0.39, 0.29) is 5.75 Å². The van der Waals surface area contributed by atoms with Gasteiger partial charge in [0, 0.05) is 12.8 Å². The number of ketones is 1. The topological polar surface area (TPSA) is 46.5 Å². The maximum absolute atomic E-state index is 11.7. The van der Waals surface area contributed by atoms with Gasteiger partial charge in [-0.15, -0.1) is 0 Å². The minimum absolute atomic E-state index is 0.136. The van der Waals surface area contributed by atoms with Gasteiger partial charge in [0.2, 0.25) is 0 Å². The molecule has 0 saturated carbocycles. The van der Waals surface area contributed by atoms with Crippen LogP contribution in [0.1, 0.15) is 71.8 Å². The van der Waals surface area contributed by atoms with Crippen molar-refractivity contribution in [2.24, 2.45) is 5.92 Å². The Labute approximate surface area is 142 Å². The van der Waals surface area contributed by atoms with Gasteiger partial charge in [0.25, 0.3) is 0 Å². The van der Waals surface area contributed by atoms with Crippen LogP contribution in [0.3, 0.4) is 0 Å². The summed E-state index contributed by atoms with van der Waals surface area (Å²) in [5.41, 5.74) is 1.02. The van der Waals surface area contributed by atoms with Crippen molar-refractivity contribution in [1.29, 1.82) is 0 Å². The normalized spacial score (nSPS) is 10.2. The average molecular weight is 322 g/mol. The van der Waals surface area contributed by atoms with Crippen LogP contribution in [0.25, 0.3) is 0 Å². The number of carbonyl (C=O) groups excluding carboxylic acids is 1. The zero-order valence-corrected chi connectivity index (χ0v) is 15.5. The Morgan fingerprint density at radius 1 is 1.13 bits per heavy atom. The van der Waals surface area contributed by atoms with Crippen LogP contribution in [0, 0.1) is 5.92 Å². The Balaban J connectivity index is 0.00000108. The van der Waals surface area contributed by atoms with Crippen molar-refractivity contribution < 1.29 is 14.6 Å². The lowest BCUT2D eigenvalue weighted by molar-refractivity contribution is -0.119. The number of rotatable bonds is 9. The van der Waals surface area contributed by atoms with Gasteiger partial charge in [-0.2, -0.15) is 0 Å². The molecule has 0 aliphatic heterocycles. The Kier molecular flexibility index (Phi) is 12.1. The van der Waals surface area contributed by atoms with E-state index in [4.69, 9.17) is 4.74 Å². The first kappa shape index (κ1) is 21.5. The molecule has 0 aliphatic carbocycles. The van der Waals surface area contributed by atoms with Gasteiger partial charge < -0.3 is 9.84 Å². The number of benzene rings is 1. The number of Topliss-reactive ketones (excluding diaryl/α,β-unsaturated/α-hetero) is 1. The minimum Gasteiger partial charge on any atom is -0.504 e. The summed E-state index contributed by atoms with van der Waals surface area (Å²) in [5.74, 6) is 1.76. The molecule has 0 fully saturated rings. The van der Waals surface area contributed by atoms with Crippen molar-refractivity contribution in [3.63, 3.8) is 0 Å². The minimum atomic E-state index is 0.136. The number of unbranched alkanes of at least 4 members (excludes halogenated alkanes) is 3. The molecule has 0 aliphatic rings. The highest BCUT2D eigenvalue weighted by Crippen LogP contribution is 2.26. The predicted octanol–water partition coefficient (Wildman–Crippen LogP) is 5.54. The highest BCUT2D eigenvalue weighted by molar-refractivity contribution is 5.78. The second-order valence-corrected chi connectivity index (χ2v) is 6.59. The average Bonchev–Trinajstić information content (AvgIpc) is 2.50. The summed E-state index contributed by atoms with van der Waals surface area (Å²) in [6.45, 7) is 8.67. The van der Waals surface area contributed by atoms with Crippen molar-refractivity contribution in [1.82, 2.24) is 0 Å². The lowest BCUT2D eigenvalue weighted by Crippen LogP contribution is -2.00. The molecule has 0 heterocycles. The molecule has 132 valence electrons. The summed E-state index contributed by atoms with van der Waals surface area (Å²) in [6.07, 6.45) is 6.53. The van der Waals surface area contributed by atoms with Gasteiger partial charge in [-0.05, 0) is 36.5 Å². The number of hydrogen-bond acceptors (Lipinski definition) is 3. The molecule has 0 bridgehead atoms. The van der Waals surface area contributed by atoms with Crippen LogP contribution in [-0.4, -0.2) is 18.0 Å². The molecule has 0 unspecified atom stereocenters. The molecule has 0 saturated heterocycles. The SMILES string of the molecule is CC(C)C.CCCCCCC(=O)CCc1ccc(O)c(OC)c1. The molecule has 0 radical (unpaired) electrons. The zero-order valence-electron chi connectivity index (χ0n) is 15.5. The third kappa shape index (κ3) is 11.7. The van der Waals surface area contributed by atoms with Gasteiger partial charge in [0.05, 0.1) is 7.11 Å². The maximum atomic E-state index is 11.7. The van der Waals surface area contributed by atoms with Crippen LogP contribution in [0.15, 0.2) is 18.2 Å². The number of aryl methyl sites for hydroxylation is 1. The van der Waals surface area contributed by atoms with Crippen LogP contribution in [0.4, 0.5) is 0 Å². The summed E-state index contributed by atoms with van der Waals surface area (Å²) in [5, 5.41) is 9.49. The van der Waals surface area contributed by atoms with E-state index in [0.717, 1.165) is 24.3 Å². The second kappa shape index (κ2) is 13.0. The van der Waals surface area contributed by atoms with Crippen molar-refractivity contribution in [3.05, 3.63) is 23.8 Å². The number of hydrogen-bond donors (Lipinski definition) is 1. The third-order valence-electron chi connectivity index (χ3n) is 3.25. The van der Waals surface area contributed by atoms with Gasteiger partial charge in [0.15, 0.2) is 11.5 Å². The van der Waals surface area contributed by atoms with Crippen LogP contribution < -0.4 is 4.74 Å². The molecule has 1 rings (SSSR count). The number of ether oxygens (including phenoxy) is 1. The first-order valence-corrected chi connectivity index (χ1v) is 8.78. The van der Waals surface area contributed by atoms with E-state index in [1.54, 1.807) is 12.1 Å². The lowest BCUT2D eigenvalue weighted by atomic mass is 10.0. The van der Waals surface area contributed by atoms with Gasteiger partial charge in [0.1, 0.15) is 5.78 Å². The van der Waals surface area contributed by atoms with Gasteiger partial charge in [-0.1, -0.05) is 53.0 Å². The summed E-state index contributed by atoms with van der Waals surface area (Å²) in [4.78, 5) is 11.7. The van der Waals surface area contributed by atoms with Crippen LogP contribution >= 0.6 is 0 Å². The molecule has 1 aromatic rings. The fourth-order valence-corrected chi connectivity index (χ4v) is 2.04. The Bertz CT molecular complexity index is 436. The largest absolute Gasteiger partial charge is 0.504 e. The van der Waals surface area contributed by atoms with Crippen LogP contribution in [0.2, 0.25) is 0 Å². The molecule has 3 nitrogen and oxygen atoms in total. The Morgan fingerprint density at radius 3 is 2.35 bits per heavy atom. The number of carbonyl (C=O) groups is 1. The highest BCUT2D eigenvalue weighted by atomic mass is 16.5. The molecular formula is C20H34O3. The van der Waals surface area contributed by atoms with E-state index in [2.05, 4.69) is 27.7 Å². The molecule has 3 heteroatoms. The molecule has 0 spiro atoms. The molecule has 0 aromatic heterocycles. The van der Waals surface area contributed by atoms with E-state index in [0.29, 0.717) is 30.8 Å². The molecule has 0 atom stereocenters. The molecule has 1 aromatic carbocycles. The first-order chi connectivity index (χ1) is 10.9. The van der Waals surface area contributed by atoms with Crippen molar-refractivity contribution >= 4 is 5.78 Å². The van der Waals surface area contributed by atoms with Crippen molar-refractivity contribution in [2.75, 3.05) is 7.11 Å². The van der Waals surface area contributed by atoms with Crippen molar-refractivity contribution in [2.45, 2.75) is 72.6 Å². The molecule has 1 N–H and O–H groups in total. The second-order valence-electron chi connectivity index (χ2n) is 6.59. The molecule has 0 amide bonds. The molecule has 23 heavy (non-hydrogen) atoms.